The molecule has 10 heteroatoms. The van der Waals surface area contributed by atoms with Crippen LogP contribution in [0, 0.1) is 17.3 Å². The lowest BCUT2D eigenvalue weighted by Crippen LogP contribution is -2.19. The van der Waals surface area contributed by atoms with Crippen molar-refractivity contribution in [1.29, 1.82) is 0 Å². The summed E-state index contributed by atoms with van der Waals surface area (Å²) in [5, 5.41) is 8.78. The molecule has 0 bridgehead atoms. The van der Waals surface area contributed by atoms with Gasteiger partial charge in [0, 0.05) is 0 Å². The van der Waals surface area contributed by atoms with Crippen molar-refractivity contribution in [2.75, 3.05) is 26.2 Å². The molecule has 0 aromatic rings. The molecule has 0 aliphatic heterocycles. The first-order valence-corrected chi connectivity index (χ1v) is 10.1. The first-order chi connectivity index (χ1) is 14.7. The van der Waals surface area contributed by atoms with Crippen molar-refractivity contribution < 1.29 is 29.1 Å². The minimum atomic E-state index is -0.954. The second kappa shape index (κ2) is 20.3. The first-order valence-electron chi connectivity index (χ1n) is 10.1. The Hall–Kier alpha value is -3.01. The molecule has 0 rings (SSSR count). The lowest BCUT2D eigenvalue weighted by molar-refractivity contribution is -0.141. The number of carboxylic acid groups (broad SMARTS) is 1. The van der Waals surface area contributed by atoms with Crippen molar-refractivity contribution in [3.63, 3.8) is 0 Å². The molecule has 2 unspecified atom stereocenters. The number of unbranched alkanes of at least 4 members (excludes halogenated alkanes) is 2. The zero-order valence-electron chi connectivity index (χ0n) is 18.5. The lowest BCUT2D eigenvalue weighted by atomic mass is 9.82. The Bertz CT molecular complexity index is 699. The predicted molar refractivity (Wildman–Crippen MR) is 114 cm³/mol. The summed E-state index contributed by atoms with van der Waals surface area (Å²) >= 11 is 0. The molecule has 0 saturated carbocycles. The number of carbonyl (C=O) groups excluding carboxylic acids is 4. The maximum atomic E-state index is 10.7. The molecule has 0 saturated heterocycles. The normalized spacial score (nSPS) is 11.7. The zero-order chi connectivity index (χ0) is 24.0. The van der Waals surface area contributed by atoms with Gasteiger partial charge in [0.05, 0.1) is 32.1 Å². The van der Waals surface area contributed by atoms with Crippen molar-refractivity contribution >= 4 is 30.3 Å². The Balaban J connectivity index is 0. The summed E-state index contributed by atoms with van der Waals surface area (Å²) in [7, 11) is 0. The number of hydrogen-bond donors (Lipinski definition) is 1. The van der Waals surface area contributed by atoms with E-state index in [0.29, 0.717) is 38.4 Å². The number of hydrogen-bond acceptors (Lipinski definition) is 9. The van der Waals surface area contributed by atoms with E-state index in [1.807, 2.05) is 0 Å². The molecule has 10 nitrogen and oxygen atoms in total. The second-order valence-corrected chi connectivity index (χ2v) is 7.93. The summed E-state index contributed by atoms with van der Waals surface area (Å²) < 4.78 is 0. The fraction of sp³-hybridized carbons (Fsp3) is 0.762. The van der Waals surface area contributed by atoms with Crippen LogP contribution >= 0.6 is 0 Å². The summed E-state index contributed by atoms with van der Waals surface area (Å²) in [5.74, 6) is -1.13. The Labute approximate surface area is 182 Å². The van der Waals surface area contributed by atoms with E-state index >= 15 is 0 Å². The van der Waals surface area contributed by atoms with Gasteiger partial charge in [0.25, 0.3) is 0 Å². The van der Waals surface area contributed by atoms with E-state index in [2.05, 4.69) is 40.7 Å². The van der Waals surface area contributed by atoms with Gasteiger partial charge in [0.1, 0.15) is 0 Å². The highest BCUT2D eigenvalue weighted by Crippen LogP contribution is 2.27. The topological polar surface area (TPSA) is 155 Å². The van der Waals surface area contributed by atoms with E-state index in [9.17, 15) is 24.0 Å². The maximum Gasteiger partial charge on any atom is 0.308 e. The summed E-state index contributed by atoms with van der Waals surface area (Å²) in [4.78, 5) is 63.9. The maximum absolute atomic E-state index is 10.7. The van der Waals surface area contributed by atoms with Gasteiger partial charge in [0.15, 0.2) is 0 Å². The second-order valence-electron chi connectivity index (χ2n) is 7.93. The largest absolute Gasteiger partial charge is 0.481 e. The number of rotatable bonds is 16. The third-order valence-corrected chi connectivity index (χ3v) is 4.38. The highest BCUT2D eigenvalue weighted by Gasteiger charge is 2.20. The lowest BCUT2D eigenvalue weighted by Gasteiger charge is -2.25. The fourth-order valence-electron chi connectivity index (χ4n) is 2.93. The third kappa shape index (κ3) is 21.5. The fourth-order valence-corrected chi connectivity index (χ4v) is 2.93. The predicted octanol–water partition coefficient (Wildman–Crippen LogP) is 3.02. The van der Waals surface area contributed by atoms with Gasteiger partial charge in [-0.3, -0.25) is 4.79 Å². The summed E-state index contributed by atoms with van der Waals surface area (Å²) in [6.07, 6.45) is 10.4. The molecule has 0 aromatic heterocycles. The molecule has 0 aromatic carbocycles. The van der Waals surface area contributed by atoms with Gasteiger partial charge >= 0.3 is 5.97 Å². The van der Waals surface area contributed by atoms with Crippen molar-refractivity contribution in [2.45, 2.75) is 59.3 Å². The van der Waals surface area contributed by atoms with Gasteiger partial charge in [-0.15, -0.1) is 0 Å². The van der Waals surface area contributed by atoms with Crippen molar-refractivity contribution in [3.8, 4) is 0 Å². The number of nitrogens with zero attached hydrogens (tertiary/aromatic N) is 4. The van der Waals surface area contributed by atoms with Gasteiger partial charge in [-0.2, -0.15) is 0 Å². The number of aliphatic carboxylic acids is 1. The van der Waals surface area contributed by atoms with Crippen LogP contribution in [0.4, 0.5) is 0 Å². The Morgan fingerprint density at radius 3 is 1.97 bits per heavy atom. The molecule has 0 aliphatic carbocycles. The van der Waals surface area contributed by atoms with E-state index in [1.165, 1.54) is 18.2 Å². The number of carboxylic acids is 1. The molecule has 0 radical (unpaired) electrons. The van der Waals surface area contributed by atoms with Crippen molar-refractivity contribution in [2.24, 2.45) is 37.2 Å². The Morgan fingerprint density at radius 2 is 1.42 bits per heavy atom. The minimum absolute atomic E-state index is 0.00171. The minimum Gasteiger partial charge on any atom is -0.481 e. The van der Waals surface area contributed by atoms with Gasteiger partial charge in [-0.05, 0) is 37.0 Å². The highest BCUT2D eigenvalue weighted by atomic mass is 16.4. The molecular formula is C21H32N4O6. The monoisotopic (exact) mass is 436 g/mol. The molecule has 1 N–H and O–H groups in total. The summed E-state index contributed by atoms with van der Waals surface area (Å²) in [5.41, 5.74) is 0.00171. The van der Waals surface area contributed by atoms with Crippen LogP contribution in [0.2, 0.25) is 0 Å². The quantitative estimate of drug-likeness (QED) is 0.223. The SMILES string of the molecule is CC(CCN=C=O)CC(C)(C)CN=C=O.O=C=NCCCCCC(CN=C=O)C(=O)O. The summed E-state index contributed by atoms with van der Waals surface area (Å²) in [6.45, 7) is 7.65. The van der Waals surface area contributed by atoms with Crippen LogP contribution in [-0.4, -0.2) is 61.6 Å². The smallest absolute Gasteiger partial charge is 0.308 e. The molecule has 0 heterocycles. The van der Waals surface area contributed by atoms with Crippen LogP contribution in [0.1, 0.15) is 59.3 Å². The van der Waals surface area contributed by atoms with E-state index < -0.39 is 11.9 Å². The first kappa shape index (κ1) is 30.2. The average Bonchev–Trinajstić information content (AvgIpc) is 2.71. The van der Waals surface area contributed by atoms with Crippen LogP contribution in [0.5, 0.6) is 0 Å². The summed E-state index contributed by atoms with van der Waals surface area (Å²) in [6, 6.07) is 0. The van der Waals surface area contributed by atoms with E-state index in [0.717, 1.165) is 25.7 Å². The van der Waals surface area contributed by atoms with Gasteiger partial charge in [0.2, 0.25) is 24.3 Å². The number of aliphatic imine (C=N–C) groups is 4. The zero-order valence-corrected chi connectivity index (χ0v) is 18.5. The number of carbonyl (C=O) groups is 1. The van der Waals surface area contributed by atoms with Crippen LogP contribution in [0.3, 0.4) is 0 Å². The van der Waals surface area contributed by atoms with Crippen LogP contribution in [-0.2, 0) is 24.0 Å². The van der Waals surface area contributed by atoms with Gasteiger partial charge in [-0.25, -0.2) is 39.1 Å². The van der Waals surface area contributed by atoms with E-state index in [-0.39, 0.29) is 12.0 Å². The number of isocyanates is 4. The van der Waals surface area contributed by atoms with Crippen LogP contribution in [0.25, 0.3) is 0 Å². The molecular weight excluding hydrogens is 404 g/mol. The van der Waals surface area contributed by atoms with Crippen molar-refractivity contribution in [3.05, 3.63) is 0 Å². The van der Waals surface area contributed by atoms with E-state index in [4.69, 9.17) is 5.11 Å². The Kier molecular flexibility index (Phi) is 19.7. The molecule has 0 aliphatic rings. The molecule has 31 heavy (non-hydrogen) atoms. The van der Waals surface area contributed by atoms with E-state index in [1.54, 1.807) is 6.08 Å². The highest BCUT2D eigenvalue weighted by molar-refractivity contribution is 5.70. The Morgan fingerprint density at radius 1 is 0.839 bits per heavy atom. The van der Waals surface area contributed by atoms with Gasteiger partial charge < -0.3 is 5.11 Å². The standard InChI is InChI=1S/C11H18N2O2.C10H14N2O4/c1-10(4-5-12-8-14)6-11(2,3)7-13-9-15;13-7-11-5-3-1-2-4-9(10(15)16)6-12-8-14/h10H,4-7H2,1-3H3;9H,1-6H2,(H,15,16). The van der Waals surface area contributed by atoms with Gasteiger partial charge in [-0.1, -0.05) is 33.6 Å². The molecule has 0 fully saturated rings. The average molecular weight is 437 g/mol. The van der Waals surface area contributed by atoms with Crippen LogP contribution < -0.4 is 0 Å². The molecule has 172 valence electrons. The molecule has 0 spiro atoms. The molecule has 2 atom stereocenters. The molecule has 0 amide bonds. The third-order valence-electron chi connectivity index (χ3n) is 4.38. The van der Waals surface area contributed by atoms with Crippen LogP contribution in [0.15, 0.2) is 20.0 Å². The van der Waals surface area contributed by atoms with Crippen molar-refractivity contribution in [1.82, 2.24) is 0 Å².